The SMILES string of the molecule is O=C(OO[Cl+][O-])C1CCCN1. The van der Waals surface area contributed by atoms with E-state index in [0.29, 0.717) is 0 Å². The third-order valence-corrected chi connectivity index (χ3v) is 1.60. The van der Waals surface area contributed by atoms with Crippen LogP contribution in [0.25, 0.3) is 0 Å². The van der Waals surface area contributed by atoms with Gasteiger partial charge in [0.05, 0.1) is 0 Å². The minimum Gasteiger partial charge on any atom is -0.503 e. The van der Waals surface area contributed by atoms with Gasteiger partial charge in [-0.2, -0.15) is 0 Å². The normalized spacial score (nSPS) is 23.5. The maximum Gasteiger partial charge on any atom is 0.378 e. The molecule has 0 aromatic carbocycles. The molecule has 0 bridgehead atoms. The zero-order valence-corrected chi connectivity index (χ0v) is 6.47. The second-order valence-corrected chi connectivity index (χ2v) is 2.43. The van der Waals surface area contributed by atoms with Crippen LogP contribution in [0.4, 0.5) is 0 Å². The molecule has 1 N–H and O–H groups in total. The molecule has 1 aliphatic rings. The third-order valence-electron chi connectivity index (χ3n) is 1.48. The van der Waals surface area contributed by atoms with Gasteiger partial charge in [0.25, 0.3) is 0 Å². The van der Waals surface area contributed by atoms with E-state index in [2.05, 4.69) is 14.6 Å². The van der Waals surface area contributed by atoms with Gasteiger partial charge >= 0.3 is 17.3 Å². The zero-order valence-electron chi connectivity index (χ0n) is 5.71. The summed E-state index contributed by atoms with van der Waals surface area (Å²) in [5.74, 6) is -0.536. The minimum absolute atomic E-state index is 0.179. The fourth-order valence-electron chi connectivity index (χ4n) is 0.988. The molecule has 0 aromatic heterocycles. The molecule has 1 rings (SSSR count). The number of nitrogens with one attached hydrogen (secondary N) is 1. The molecule has 0 saturated carbocycles. The van der Waals surface area contributed by atoms with Crippen LogP contribution in [0.1, 0.15) is 12.8 Å². The Hall–Kier alpha value is -0.360. The average Bonchev–Trinajstić information content (AvgIpc) is 2.52. The minimum atomic E-state index is -0.536. The average molecular weight is 182 g/mol. The standard InChI is InChI=1S/C5H8ClNO4/c8-5(10-11-6-9)4-2-1-3-7-4/h4,7H,1-3H2. The summed E-state index contributed by atoms with van der Waals surface area (Å²) in [4.78, 5) is 14.9. The van der Waals surface area contributed by atoms with E-state index in [1.165, 1.54) is 0 Å². The maximum atomic E-state index is 10.8. The van der Waals surface area contributed by atoms with Gasteiger partial charge in [0, 0.05) is 0 Å². The van der Waals surface area contributed by atoms with E-state index in [-0.39, 0.29) is 17.4 Å². The van der Waals surface area contributed by atoms with Crippen molar-refractivity contribution in [3.05, 3.63) is 0 Å². The fourth-order valence-corrected chi connectivity index (χ4v) is 1.08. The Kier molecular flexibility index (Phi) is 3.58. The lowest BCUT2D eigenvalue weighted by atomic mass is 10.2. The Bertz CT molecular complexity index is 136. The Morgan fingerprint density at radius 3 is 3.09 bits per heavy atom. The van der Waals surface area contributed by atoms with Crippen LogP contribution >= 0.6 is 0 Å². The van der Waals surface area contributed by atoms with Crippen LogP contribution in [0.5, 0.6) is 0 Å². The molecule has 0 spiro atoms. The first-order valence-electron chi connectivity index (χ1n) is 3.22. The van der Waals surface area contributed by atoms with Gasteiger partial charge in [-0.05, 0) is 19.4 Å². The molecular formula is C5H8ClNO4. The van der Waals surface area contributed by atoms with Gasteiger partial charge in [0.1, 0.15) is 10.5 Å². The van der Waals surface area contributed by atoms with E-state index >= 15 is 0 Å². The Morgan fingerprint density at radius 2 is 2.55 bits per heavy atom. The van der Waals surface area contributed by atoms with Gasteiger partial charge in [-0.25, -0.2) is 9.68 Å². The second kappa shape index (κ2) is 4.50. The molecule has 1 saturated heterocycles. The van der Waals surface area contributed by atoms with Crippen LogP contribution in [0.2, 0.25) is 0 Å². The van der Waals surface area contributed by atoms with Gasteiger partial charge in [-0.3, -0.25) is 0 Å². The highest BCUT2D eigenvalue weighted by atomic mass is 35.6. The largest absolute Gasteiger partial charge is 0.503 e. The van der Waals surface area contributed by atoms with Gasteiger partial charge in [-0.1, -0.05) is 0 Å². The van der Waals surface area contributed by atoms with Crippen molar-refractivity contribution in [1.29, 1.82) is 0 Å². The van der Waals surface area contributed by atoms with Crippen molar-refractivity contribution in [1.82, 2.24) is 5.32 Å². The summed E-state index contributed by atoms with van der Waals surface area (Å²) < 4.78 is 13.4. The lowest BCUT2D eigenvalue weighted by Crippen LogP contribution is -2.32. The van der Waals surface area contributed by atoms with Crippen molar-refractivity contribution in [2.24, 2.45) is 0 Å². The topological polar surface area (TPSA) is 70.6 Å². The molecule has 5 nitrogen and oxygen atoms in total. The lowest BCUT2D eigenvalue weighted by Gasteiger charge is -2.02. The third kappa shape index (κ3) is 2.63. The molecule has 11 heavy (non-hydrogen) atoms. The lowest BCUT2D eigenvalue weighted by molar-refractivity contribution is -1.29. The van der Waals surface area contributed by atoms with Crippen molar-refractivity contribution < 1.29 is 30.1 Å². The van der Waals surface area contributed by atoms with E-state index in [9.17, 15) is 9.45 Å². The predicted molar refractivity (Wildman–Crippen MR) is 28.2 cm³/mol. The monoisotopic (exact) mass is 181 g/mol. The van der Waals surface area contributed by atoms with E-state index in [1.807, 2.05) is 0 Å². The molecule has 0 aromatic rings. The van der Waals surface area contributed by atoms with Crippen LogP contribution in [0.15, 0.2) is 0 Å². The number of carbonyl (C=O) groups is 1. The predicted octanol–water partition coefficient (Wildman–Crippen LogP) is -1.51. The molecule has 0 amide bonds. The molecule has 1 heterocycles. The molecule has 0 aliphatic carbocycles. The Balaban J connectivity index is 2.17. The van der Waals surface area contributed by atoms with Crippen molar-refractivity contribution in [2.75, 3.05) is 6.54 Å². The molecule has 1 aliphatic heterocycles. The van der Waals surface area contributed by atoms with E-state index < -0.39 is 5.97 Å². The summed E-state index contributed by atoms with van der Waals surface area (Å²) in [7, 11) is 0. The molecule has 1 atom stereocenters. The maximum absolute atomic E-state index is 10.8. The van der Waals surface area contributed by atoms with E-state index in [0.717, 1.165) is 19.4 Å². The Morgan fingerprint density at radius 1 is 1.73 bits per heavy atom. The van der Waals surface area contributed by atoms with Gasteiger partial charge < -0.3 is 9.98 Å². The zero-order chi connectivity index (χ0) is 8.10. The number of hydrogen-bond donors (Lipinski definition) is 1. The second-order valence-electron chi connectivity index (χ2n) is 2.18. The summed E-state index contributed by atoms with van der Waals surface area (Å²) in [5, 5.41) is 2.89. The molecule has 0 radical (unpaired) electrons. The summed E-state index contributed by atoms with van der Waals surface area (Å²) >= 11 is 0.179. The molecule has 64 valence electrons. The summed E-state index contributed by atoms with van der Waals surface area (Å²) in [6, 6.07) is -0.312. The van der Waals surface area contributed by atoms with Crippen LogP contribution < -0.4 is 9.98 Å². The summed E-state index contributed by atoms with van der Waals surface area (Å²) in [6.45, 7) is 0.805. The van der Waals surface area contributed by atoms with Gasteiger partial charge in [-0.15, -0.1) is 0 Å². The molecule has 1 fully saturated rings. The first kappa shape index (κ1) is 8.73. The molecule has 6 heteroatoms. The molecular weight excluding hydrogens is 174 g/mol. The number of carbonyl (C=O) groups excluding carboxylic acids is 1. The van der Waals surface area contributed by atoms with E-state index in [1.54, 1.807) is 0 Å². The highest BCUT2D eigenvalue weighted by Gasteiger charge is 2.25. The van der Waals surface area contributed by atoms with Gasteiger partial charge in [0.15, 0.2) is 0 Å². The fraction of sp³-hybridized carbons (Fsp3) is 0.800. The van der Waals surface area contributed by atoms with Crippen molar-refractivity contribution in [2.45, 2.75) is 18.9 Å². The quantitative estimate of drug-likeness (QED) is 0.423. The van der Waals surface area contributed by atoms with Crippen molar-refractivity contribution >= 4 is 5.97 Å². The van der Waals surface area contributed by atoms with Crippen LogP contribution in [0.3, 0.4) is 0 Å². The van der Waals surface area contributed by atoms with Crippen LogP contribution in [-0.4, -0.2) is 18.6 Å². The molecule has 1 unspecified atom stereocenters. The smallest absolute Gasteiger partial charge is 0.378 e. The van der Waals surface area contributed by atoms with Crippen LogP contribution in [-0.2, 0) is 14.1 Å². The summed E-state index contributed by atoms with van der Waals surface area (Å²) in [6.07, 6.45) is 1.68. The van der Waals surface area contributed by atoms with Crippen molar-refractivity contribution in [3.63, 3.8) is 0 Å². The highest BCUT2D eigenvalue weighted by Crippen LogP contribution is 2.06. The van der Waals surface area contributed by atoms with Crippen LogP contribution in [0, 0.1) is 11.3 Å². The number of rotatable bonds is 3. The van der Waals surface area contributed by atoms with Gasteiger partial charge in [0.2, 0.25) is 0 Å². The van der Waals surface area contributed by atoms with E-state index in [4.69, 9.17) is 0 Å². The van der Waals surface area contributed by atoms with Crippen molar-refractivity contribution in [3.8, 4) is 0 Å². The highest BCUT2D eigenvalue weighted by molar-refractivity contribution is 5.75. The summed E-state index contributed by atoms with van der Waals surface area (Å²) in [5.41, 5.74) is 0. The Labute approximate surface area is 67.7 Å². The first-order chi connectivity index (χ1) is 5.34. The first-order valence-corrected chi connectivity index (χ1v) is 3.84. The number of hydrogen-bond acceptors (Lipinski definition) is 5. The number of halogens is 1.